The molecule has 0 fully saturated rings. The number of hydrogen-bond donors (Lipinski definition) is 2. The van der Waals surface area contributed by atoms with Crippen LogP contribution < -0.4 is 5.32 Å². The van der Waals surface area contributed by atoms with E-state index >= 15 is 0 Å². The molecule has 2 N–H and O–H groups in total. The fraction of sp³-hybridized carbons (Fsp3) is 0.0588. The number of aromatic amines is 1. The van der Waals surface area contributed by atoms with Gasteiger partial charge in [-0.25, -0.2) is 14.4 Å². The van der Waals surface area contributed by atoms with Crippen molar-refractivity contribution in [2.75, 3.05) is 5.32 Å². The quantitative estimate of drug-likeness (QED) is 0.506. The molecule has 2 aromatic carbocycles. The maximum atomic E-state index is 13.2. The monoisotopic (exact) mass is 385 g/mol. The van der Waals surface area contributed by atoms with Gasteiger partial charge in [-0.15, -0.1) is 0 Å². The summed E-state index contributed by atoms with van der Waals surface area (Å²) in [5.41, 5.74) is 2.26. The molecule has 0 radical (unpaired) electrons. The predicted molar refractivity (Wildman–Crippen MR) is 99.9 cm³/mol. The lowest BCUT2D eigenvalue weighted by Gasteiger charge is -2.03. The van der Waals surface area contributed by atoms with E-state index in [2.05, 4.69) is 25.5 Å². The lowest BCUT2D eigenvalue weighted by atomic mass is 10.1. The summed E-state index contributed by atoms with van der Waals surface area (Å²) in [7, 11) is 0. The molecule has 2 heterocycles. The lowest BCUT2D eigenvalue weighted by Crippen LogP contribution is -2.11. The number of nitrogens with one attached hydrogen (secondary N) is 2. The maximum Gasteiger partial charge on any atom is 0.257 e. The molecule has 1 amide bonds. The van der Waals surface area contributed by atoms with Crippen LogP contribution in [0.5, 0.6) is 0 Å². The Hall–Kier alpha value is -2.78. The number of benzene rings is 2. The number of amides is 1. The van der Waals surface area contributed by atoms with Crippen LogP contribution in [-0.2, 0) is 5.75 Å². The molecule has 0 aliphatic heterocycles. The minimum Gasteiger partial charge on any atom is -0.298 e. The molecule has 130 valence electrons. The van der Waals surface area contributed by atoms with Gasteiger partial charge in [0.2, 0.25) is 0 Å². The molecule has 0 atom stereocenters. The van der Waals surface area contributed by atoms with Gasteiger partial charge >= 0.3 is 0 Å². The number of halogens is 1. The van der Waals surface area contributed by atoms with Gasteiger partial charge < -0.3 is 0 Å². The number of thioether (sulfide) groups is 1. The standard InChI is InChI=1S/C17H12FN5OS2/c18-12-5-6-13-14(7-12)26-17(21-13)22-15(24)11-3-1-10(2-4-11)8-25-16-19-9-20-23-16/h1-7,9H,8H2,(H,19,20,23)(H,21,22,24). The van der Waals surface area contributed by atoms with E-state index in [0.29, 0.717) is 20.9 Å². The molecule has 0 unspecified atom stereocenters. The van der Waals surface area contributed by atoms with Gasteiger partial charge in [-0.2, -0.15) is 5.10 Å². The summed E-state index contributed by atoms with van der Waals surface area (Å²) < 4.78 is 13.9. The average Bonchev–Trinajstić information content (AvgIpc) is 3.29. The smallest absolute Gasteiger partial charge is 0.257 e. The zero-order valence-electron chi connectivity index (χ0n) is 13.3. The van der Waals surface area contributed by atoms with Crippen molar-refractivity contribution < 1.29 is 9.18 Å². The van der Waals surface area contributed by atoms with Crippen molar-refractivity contribution in [3.8, 4) is 0 Å². The third-order valence-corrected chi connectivity index (χ3v) is 5.44. The molecule has 6 nitrogen and oxygen atoms in total. The van der Waals surface area contributed by atoms with E-state index < -0.39 is 0 Å². The second kappa shape index (κ2) is 7.22. The van der Waals surface area contributed by atoms with Crippen molar-refractivity contribution in [3.63, 3.8) is 0 Å². The van der Waals surface area contributed by atoms with Gasteiger partial charge in [0.05, 0.1) is 10.2 Å². The first-order valence-electron chi connectivity index (χ1n) is 7.62. The molecule has 26 heavy (non-hydrogen) atoms. The molecule has 2 aromatic heterocycles. The zero-order valence-corrected chi connectivity index (χ0v) is 14.9. The van der Waals surface area contributed by atoms with Crippen molar-refractivity contribution in [2.24, 2.45) is 0 Å². The molecular weight excluding hydrogens is 373 g/mol. The van der Waals surface area contributed by atoms with E-state index in [1.807, 2.05) is 12.1 Å². The summed E-state index contributed by atoms with van der Waals surface area (Å²) >= 11 is 2.77. The number of hydrogen-bond acceptors (Lipinski definition) is 6. The Balaban J connectivity index is 1.42. The van der Waals surface area contributed by atoms with Gasteiger partial charge in [-0.05, 0) is 35.9 Å². The van der Waals surface area contributed by atoms with Crippen LogP contribution in [-0.4, -0.2) is 26.1 Å². The van der Waals surface area contributed by atoms with Crippen LogP contribution in [0, 0.1) is 5.82 Å². The highest BCUT2D eigenvalue weighted by Gasteiger charge is 2.10. The predicted octanol–water partition coefficient (Wildman–Crippen LogP) is 4.10. The summed E-state index contributed by atoms with van der Waals surface area (Å²) in [6, 6.07) is 11.7. The maximum absolute atomic E-state index is 13.2. The number of carbonyl (C=O) groups is 1. The Labute approximate surface area is 155 Å². The first-order valence-corrected chi connectivity index (χ1v) is 9.42. The van der Waals surface area contributed by atoms with Gasteiger partial charge in [0, 0.05) is 11.3 Å². The van der Waals surface area contributed by atoms with E-state index in [0.717, 1.165) is 16.5 Å². The number of thiazole rings is 1. The highest BCUT2D eigenvalue weighted by molar-refractivity contribution is 7.98. The van der Waals surface area contributed by atoms with E-state index in [1.54, 1.807) is 18.2 Å². The summed E-state index contributed by atoms with van der Waals surface area (Å²) in [6.07, 6.45) is 1.46. The van der Waals surface area contributed by atoms with Gasteiger partial charge in [0.25, 0.3) is 5.91 Å². The second-order valence-electron chi connectivity index (χ2n) is 5.36. The number of carbonyl (C=O) groups excluding carboxylic acids is 1. The number of fused-ring (bicyclic) bond motifs is 1. The summed E-state index contributed by atoms with van der Waals surface area (Å²) in [5.74, 6) is 0.150. The largest absolute Gasteiger partial charge is 0.298 e. The minimum absolute atomic E-state index is 0.251. The summed E-state index contributed by atoms with van der Waals surface area (Å²) in [6.45, 7) is 0. The molecule has 0 aliphatic carbocycles. The topological polar surface area (TPSA) is 83.6 Å². The van der Waals surface area contributed by atoms with Crippen LogP contribution in [0.15, 0.2) is 53.9 Å². The Bertz CT molecular complexity index is 1050. The normalized spacial score (nSPS) is 11.0. The van der Waals surface area contributed by atoms with Crippen LogP contribution in [0.4, 0.5) is 9.52 Å². The Morgan fingerprint density at radius 3 is 2.85 bits per heavy atom. The summed E-state index contributed by atoms with van der Waals surface area (Å²) in [5, 5.41) is 10.5. The number of H-pyrrole nitrogens is 1. The minimum atomic E-state index is -0.321. The number of nitrogens with zero attached hydrogens (tertiary/aromatic N) is 3. The van der Waals surface area contributed by atoms with E-state index in [4.69, 9.17) is 0 Å². The molecule has 4 rings (SSSR count). The molecule has 9 heteroatoms. The molecule has 4 aromatic rings. The lowest BCUT2D eigenvalue weighted by molar-refractivity contribution is 0.102. The van der Waals surface area contributed by atoms with Gasteiger partial charge in [-0.1, -0.05) is 35.2 Å². The Morgan fingerprint density at radius 1 is 1.23 bits per heavy atom. The van der Waals surface area contributed by atoms with Crippen LogP contribution in [0.3, 0.4) is 0 Å². The number of rotatable bonds is 5. The third kappa shape index (κ3) is 3.73. The second-order valence-corrected chi connectivity index (χ2v) is 7.36. The summed E-state index contributed by atoms with van der Waals surface area (Å²) in [4.78, 5) is 20.7. The molecule has 0 spiro atoms. The van der Waals surface area contributed by atoms with Crippen molar-refractivity contribution in [3.05, 3.63) is 65.7 Å². The van der Waals surface area contributed by atoms with Crippen molar-refractivity contribution in [2.45, 2.75) is 10.9 Å². The molecule has 0 saturated heterocycles. The molecule has 0 aliphatic rings. The fourth-order valence-corrected chi connectivity index (χ4v) is 3.91. The van der Waals surface area contributed by atoms with E-state index in [1.165, 1.54) is 41.6 Å². The zero-order chi connectivity index (χ0) is 17.9. The van der Waals surface area contributed by atoms with Crippen molar-refractivity contribution in [1.82, 2.24) is 20.2 Å². The van der Waals surface area contributed by atoms with Crippen LogP contribution in [0.2, 0.25) is 0 Å². The first kappa shape index (κ1) is 16.7. The Kier molecular flexibility index (Phi) is 4.63. The average molecular weight is 385 g/mol. The Morgan fingerprint density at radius 2 is 2.08 bits per heavy atom. The van der Waals surface area contributed by atoms with Gasteiger partial charge in [0.1, 0.15) is 12.1 Å². The van der Waals surface area contributed by atoms with Crippen LogP contribution in [0.25, 0.3) is 10.2 Å². The van der Waals surface area contributed by atoms with Crippen LogP contribution in [0.1, 0.15) is 15.9 Å². The van der Waals surface area contributed by atoms with Crippen LogP contribution >= 0.6 is 23.1 Å². The van der Waals surface area contributed by atoms with Crippen molar-refractivity contribution in [1.29, 1.82) is 0 Å². The molecule has 0 bridgehead atoms. The highest BCUT2D eigenvalue weighted by Crippen LogP contribution is 2.27. The highest BCUT2D eigenvalue weighted by atomic mass is 32.2. The van der Waals surface area contributed by atoms with Gasteiger partial charge in [-0.3, -0.25) is 15.2 Å². The van der Waals surface area contributed by atoms with Gasteiger partial charge in [0.15, 0.2) is 10.3 Å². The molecule has 0 saturated carbocycles. The number of anilines is 1. The SMILES string of the molecule is O=C(Nc1nc2ccc(F)cc2s1)c1ccc(CSc2ncn[nH]2)cc1. The van der Waals surface area contributed by atoms with E-state index in [-0.39, 0.29) is 11.7 Å². The fourth-order valence-electron chi connectivity index (χ4n) is 2.29. The first-order chi connectivity index (χ1) is 12.7. The molecular formula is C17H12FN5OS2. The van der Waals surface area contributed by atoms with Crippen molar-refractivity contribution >= 4 is 44.4 Å². The number of aromatic nitrogens is 4. The van der Waals surface area contributed by atoms with E-state index in [9.17, 15) is 9.18 Å². The third-order valence-electron chi connectivity index (χ3n) is 3.56.